The first kappa shape index (κ1) is 22.7. The third kappa shape index (κ3) is 31.5. The minimum atomic E-state index is 0.00463. The molecule has 0 unspecified atom stereocenters. The lowest BCUT2D eigenvalue weighted by Crippen LogP contribution is -2.34. The Labute approximate surface area is 116 Å². The third-order valence-electron chi connectivity index (χ3n) is 1.87. The quantitative estimate of drug-likeness (QED) is 0.341. The Morgan fingerprint density at radius 1 is 1.16 bits per heavy atom. The molecule has 1 atom stereocenters. The van der Waals surface area contributed by atoms with E-state index >= 15 is 0 Å². The standard InChI is InChI=1S/C7H16N2O.C3H7NO.C2H6N2/c1-6(10)7(9-3)4-5-8-2;1-3(5)4-2;1-2(3)4/h7-9H,4-5H2,1-3H3;1-2H3,(H,4,5);1H3,(H3,3,4)/t7-;;/m0../s1. The van der Waals surface area contributed by atoms with E-state index in [-0.39, 0.29) is 23.6 Å². The summed E-state index contributed by atoms with van der Waals surface area (Å²) >= 11 is 0. The fourth-order valence-electron chi connectivity index (χ4n) is 0.840. The normalized spacial score (nSPS) is 10.0. The molecule has 0 aliphatic heterocycles. The fraction of sp³-hybridized carbons (Fsp3) is 0.750. The van der Waals surface area contributed by atoms with Crippen molar-refractivity contribution >= 4 is 17.5 Å². The van der Waals surface area contributed by atoms with Gasteiger partial charge in [0.05, 0.1) is 11.9 Å². The Balaban J connectivity index is -0.000000238. The van der Waals surface area contributed by atoms with E-state index in [1.54, 1.807) is 14.0 Å². The molecule has 0 fully saturated rings. The summed E-state index contributed by atoms with van der Waals surface area (Å²) in [6, 6.07) is 0.0208. The Hall–Kier alpha value is -1.47. The predicted octanol–water partition coefficient (Wildman–Crippen LogP) is -0.533. The first-order valence-corrected chi connectivity index (χ1v) is 6.04. The van der Waals surface area contributed by atoms with Gasteiger partial charge in [0.1, 0.15) is 5.78 Å². The molecule has 114 valence electrons. The molecular weight excluding hydrogens is 246 g/mol. The van der Waals surface area contributed by atoms with Gasteiger partial charge in [-0.1, -0.05) is 0 Å². The van der Waals surface area contributed by atoms with Crippen LogP contribution in [0.25, 0.3) is 0 Å². The summed E-state index contributed by atoms with van der Waals surface area (Å²) in [5, 5.41) is 14.6. The Morgan fingerprint density at radius 3 is 1.68 bits per heavy atom. The van der Waals surface area contributed by atoms with Crippen molar-refractivity contribution in [3.8, 4) is 0 Å². The number of rotatable bonds is 5. The van der Waals surface area contributed by atoms with Crippen molar-refractivity contribution < 1.29 is 9.59 Å². The van der Waals surface area contributed by atoms with Crippen LogP contribution in [0, 0.1) is 5.41 Å². The topological polar surface area (TPSA) is 120 Å². The molecule has 0 aromatic rings. The largest absolute Gasteiger partial charge is 0.388 e. The van der Waals surface area contributed by atoms with Crippen molar-refractivity contribution in [2.45, 2.75) is 33.2 Å². The van der Waals surface area contributed by atoms with E-state index in [4.69, 9.17) is 11.1 Å². The number of likely N-dealkylation sites (N-methyl/N-ethyl adjacent to an activating group) is 1. The van der Waals surface area contributed by atoms with E-state index in [2.05, 4.69) is 16.0 Å². The third-order valence-corrected chi connectivity index (χ3v) is 1.87. The molecule has 1 amide bonds. The molecule has 7 nitrogen and oxygen atoms in total. The summed E-state index contributed by atoms with van der Waals surface area (Å²) in [4.78, 5) is 20.5. The molecule has 0 bridgehead atoms. The highest BCUT2D eigenvalue weighted by Gasteiger charge is 2.08. The van der Waals surface area contributed by atoms with Crippen LogP contribution in [0.5, 0.6) is 0 Å². The molecule has 0 heterocycles. The molecule has 0 aromatic heterocycles. The number of nitrogens with one attached hydrogen (secondary N) is 4. The zero-order chi connectivity index (χ0) is 15.8. The average Bonchev–Trinajstić information content (AvgIpc) is 2.29. The maximum Gasteiger partial charge on any atom is 0.216 e. The van der Waals surface area contributed by atoms with E-state index in [1.165, 1.54) is 13.8 Å². The van der Waals surface area contributed by atoms with Gasteiger partial charge in [-0.15, -0.1) is 0 Å². The Morgan fingerprint density at radius 2 is 1.53 bits per heavy atom. The second-order valence-corrected chi connectivity index (χ2v) is 3.83. The molecule has 0 saturated heterocycles. The summed E-state index contributed by atoms with van der Waals surface area (Å²) in [5.74, 6) is 0.378. The van der Waals surface area contributed by atoms with Crippen LogP contribution < -0.4 is 21.7 Å². The van der Waals surface area contributed by atoms with Gasteiger partial charge in [0.15, 0.2) is 0 Å². The lowest BCUT2D eigenvalue weighted by atomic mass is 10.1. The summed E-state index contributed by atoms with van der Waals surface area (Å²) < 4.78 is 0. The lowest BCUT2D eigenvalue weighted by molar-refractivity contribution is -0.119. The molecule has 0 aliphatic rings. The molecule has 19 heavy (non-hydrogen) atoms. The van der Waals surface area contributed by atoms with Gasteiger partial charge < -0.3 is 21.7 Å². The predicted molar refractivity (Wildman–Crippen MR) is 79.4 cm³/mol. The van der Waals surface area contributed by atoms with Crippen molar-refractivity contribution in [3.63, 3.8) is 0 Å². The summed E-state index contributed by atoms with van der Waals surface area (Å²) in [6.45, 7) is 5.49. The van der Waals surface area contributed by atoms with Crippen molar-refractivity contribution in [1.29, 1.82) is 5.41 Å². The van der Waals surface area contributed by atoms with Gasteiger partial charge in [-0.3, -0.25) is 15.0 Å². The molecule has 7 heteroatoms. The number of carbonyl (C=O) groups excluding carboxylic acids is 2. The van der Waals surface area contributed by atoms with Gasteiger partial charge in [0, 0.05) is 14.0 Å². The van der Waals surface area contributed by atoms with Gasteiger partial charge in [0.25, 0.3) is 0 Å². The first-order valence-electron chi connectivity index (χ1n) is 6.04. The maximum atomic E-state index is 10.8. The monoisotopic (exact) mass is 275 g/mol. The summed E-state index contributed by atoms with van der Waals surface area (Å²) in [7, 11) is 5.29. The number of hydrogen-bond donors (Lipinski definition) is 5. The van der Waals surface area contributed by atoms with Crippen molar-refractivity contribution in [3.05, 3.63) is 0 Å². The second-order valence-electron chi connectivity index (χ2n) is 3.83. The number of amides is 1. The van der Waals surface area contributed by atoms with Gasteiger partial charge in [-0.2, -0.15) is 0 Å². The molecule has 6 N–H and O–H groups in total. The zero-order valence-electron chi connectivity index (χ0n) is 12.9. The number of Topliss-reactive ketones (excluding diaryl/α,β-unsaturated/α-hetero) is 1. The lowest BCUT2D eigenvalue weighted by Gasteiger charge is -2.10. The van der Waals surface area contributed by atoms with Gasteiger partial charge >= 0.3 is 0 Å². The maximum absolute atomic E-state index is 10.8. The molecular formula is C12H29N5O2. The number of amidine groups is 1. The molecule has 0 radical (unpaired) electrons. The minimum absolute atomic E-state index is 0.00463. The average molecular weight is 275 g/mol. The molecule has 0 aliphatic carbocycles. The minimum Gasteiger partial charge on any atom is -0.388 e. The summed E-state index contributed by atoms with van der Waals surface area (Å²) in [5.41, 5.74) is 4.69. The SMILES string of the molecule is CC(=N)N.CNC(C)=O.CNCC[C@H](NC)C(C)=O. The van der Waals surface area contributed by atoms with E-state index in [9.17, 15) is 9.59 Å². The van der Waals surface area contributed by atoms with Gasteiger partial charge in [0.2, 0.25) is 5.91 Å². The van der Waals surface area contributed by atoms with E-state index in [0.717, 1.165) is 13.0 Å². The number of ketones is 1. The number of hydrogen-bond acceptors (Lipinski definition) is 5. The van der Waals surface area contributed by atoms with E-state index in [1.807, 2.05) is 14.1 Å². The van der Waals surface area contributed by atoms with Crippen LogP contribution in [0.1, 0.15) is 27.2 Å². The van der Waals surface area contributed by atoms with Crippen LogP contribution in [-0.2, 0) is 9.59 Å². The first-order chi connectivity index (χ1) is 8.72. The Bertz CT molecular complexity index is 253. The molecule has 0 saturated carbocycles. The van der Waals surface area contributed by atoms with Crippen LogP contribution in [-0.4, -0.2) is 51.3 Å². The second kappa shape index (κ2) is 16.5. The highest BCUT2D eigenvalue weighted by Crippen LogP contribution is 1.90. The van der Waals surface area contributed by atoms with Gasteiger partial charge in [-0.25, -0.2) is 0 Å². The number of carbonyl (C=O) groups is 2. The number of nitrogens with two attached hydrogens (primary N) is 1. The van der Waals surface area contributed by atoms with Gasteiger partial charge in [-0.05, 0) is 40.9 Å². The zero-order valence-corrected chi connectivity index (χ0v) is 12.9. The van der Waals surface area contributed by atoms with Crippen LogP contribution >= 0.6 is 0 Å². The Kier molecular flexibility index (Phi) is 19.7. The highest BCUT2D eigenvalue weighted by atomic mass is 16.1. The van der Waals surface area contributed by atoms with Crippen LogP contribution in [0.15, 0.2) is 0 Å². The van der Waals surface area contributed by atoms with Crippen LogP contribution in [0.4, 0.5) is 0 Å². The fourth-order valence-corrected chi connectivity index (χ4v) is 0.840. The van der Waals surface area contributed by atoms with Crippen LogP contribution in [0.2, 0.25) is 0 Å². The van der Waals surface area contributed by atoms with Crippen LogP contribution in [0.3, 0.4) is 0 Å². The van der Waals surface area contributed by atoms with E-state index < -0.39 is 0 Å². The van der Waals surface area contributed by atoms with Crippen molar-refractivity contribution in [1.82, 2.24) is 16.0 Å². The summed E-state index contributed by atoms with van der Waals surface area (Å²) in [6.07, 6.45) is 0.863. The molecule has 0 spiro atoms. The molecule has 0 rings (SSSR count). The van der Waals surface area contributed by atoms with Crippen molar-refractivity contribution in [2.24, 2.45) is 5.73 Å². The highest BCUT2D eigenvalue weighted by molar-refractivity contribution is 5.81. The molecule has 0 aromatic carbocycles. The van der Waals surface area contributed by atoms with E-state index in [0.29, 0.717) is 0 Å². The smallest absolute Gasteiger partial charge is 0.216 e. The van der Waals surface area contributed by atoms with Crippen molar-refractivity contribution in [2.75, 3.05) is 27.7 Å².